The van der Waals surface area contributed by atoms with Gasteiger partial charge >= 0.3 is 0 Å². The number of carbonyl (C=O) groups is 1. The van der Waals surface area contributed by atoms with E-state index in [1.54, 1.807) is 12.1 Å². The zero-order valence-electron chi connectivity index (χ0n) is 12.6. The van der Waals surface area contributed by atoms with Crippen LogP contribution in [0.15, 0.2) is 60.7 Å². The van der Waals surface area contributed by atoms with E-state index in [1.165, 1.54) is 0 Å². The number of likely N-dealkylation sites (N-methyl/N-ethyl adjacent to an activating group) is 1. The van der Waals surface area contributed by atoms with Gasteiger partial charge in [-0.1, -0.05) is 48.5 Å². The van der Waals surface area contributed by atoms with Crippen molar-refractivity contribution in [3.8, 4) is 6.07 Å². The number of hydrogen-bond acceptors (Lipinski definition) is 3. The molecule has 0 fully saturated rings. The second-order valence-corrected chi connectivity index (χ2v) is 5.12. The van der Waals surface area contributed by atoms with Crippen molar-refractivity contribution < 1.29 is 4.79 Å². The molecule has 4 heteroatoms. The molecule has 0 unspecified atom stereocenters. The van der Waals surface area contributed by atoms with Crippen molar-refractivity contribution in [1.29, 1.82) is 5.26 Å². The molecule has 0 aliphatic carbocycles. The molecule has 1 atom stereocenters. The van der Waals surface area contributed by atoms with Crippen LogP contribution in [0, 0.1) is 11.3 Å². The fraction of sp³-hybridized carbons (Fsp3) is 0.222. The fourth-order valence-corrected chi connectivity index (χ4v) is 2.16. The minimum atomic E-state index is -0.368. The molecule has 0 spiro atoms. The van der Waals surface area contributed by atoms with Crippen LogP contribution in [0.5, 0.6) is 0 Å². The minimum Gasteiger partial charge on any atom is -0.349 e. The molecule has 0 saturated carbocycles. The minimum absolute atomic E-state index is 0.158. The molecule has 0 aliphatic rings. The molecule has 1 amide bonds. The molecule has 112 valence electrons. The van der Waals surface area contributed by atoms with E-state index < -0.39 is 0 Å². The quantitative estimate of drug-likeness (QED) is 0.890. The Labute approximate surface area is 131 Å². The highest BCUT2D eigenvalue weighted by Crippen LogP contribution is 2.06. The fourth-order valence-electron chi connectivity index (χ4n) is 2.16. The predicted octanol–water partition coefficient (Wildman–Crippen LogP) is 2.44. The lowest BCUT2D eigenvalue weighted by molar-refractivity contribution is 0.0944. The van der Waals surface area contributed by atoms with Crippen LogP contribution in [0.4, 0.5) is 0 Å². The van der Waals surface area contributed by atoms with Crippen molar-refractivity contribution >= 4 is 5.91 Å². The van der Waals surface area contributed by atoms with Crippen molar-refractivity contribution in [2.24, 2.45) is 0 Å². The maximum atomic E-state index is 12.0. The molecule has 0 radical (unpaired) electrons. The lowest BCUT2D eigenvalue weighted by Gasteiger charge is -2.22. The molecule has 1 N–H and O–H groups in total. The Bertz CT molecular complexity index is 634. The van der Waals surface area contributed by atoms with Crippen molar-refractivity contribution in [3.05, 3.63) is 71.8 Å². The number of carbonyl (C=O) groups excluding carboxylic acids is 1. The van der Waals surface area contributed by atoms with Crippen LogP contribution >= 0.6 is 0 Å². The first kappa shape index (κ1) is 15.7. The van der Waals surface area contributed by atoms with Crippen LogP contribution < -0.4 is 5.32 Å². The van der Waals surface area contributed by atoms with Gasteiger partial charge in [-0.15, -0.1) is 0 Å². The van der Waals surface area contributed by atoms with Crippen molar-refractivity contribution in [3.63, 3.8) is 0 Å². The highest BCUT2D eigenvalue weighted by Gasteiger charge is 2.15. The SMILES string of the molecule is CN(Cc1ccccc1)[C@@H](C#N)CNC(=O)c1ccccc1. The summed E-state index contributed by atoms with van der Waals surface area (Å²) >= 11 is 0. The van der Waals surface area contributed by atoms with Gasteiger partial charge in [-0.2, -0.15) is 5.26 Å². The van der Waals surface area contributed by atoms with Gasteiger partial charge < -0.3 is 5.32 Å². The molecule has 0 saturated heterocycles. The summed E-state index contributed by atoms with van der Waals surface area (Å²) in [6, 6.07) is 20.8. The summed E-state index contributed by atoms with van der Waals surface area (Å²) in [5.41, 5.74) is 1.74. The van der Waals surface area contributed by atoms with E-state index in [1.807, 2.05) is 60.5 Å². The number of amides is 1. The second kappa shape index (κ2) is 7.96. The summed E-state index contributed by atoms with van der Waals surface area (Å²) in [6.07, 6.45) is 0. The number of benzene rings is 2. The number of nitrogens with zero attached hydrogens (tertiary/aromatic N) is 2. The van der Waals surface area contributed by atoms with E-state index in [4.69, 9.17) is 0 Å². The molecule has 22 heavy (non-hydrogen) atoms. The van der Waals surface area contributed by atoms with Crippen LogP contribution in [0.2, 0.25) is 0 Å². The first-order valence-corrected chi connectivity index (χ1v) is 7.17. The zero-order chi connectivity index (χ0) is 15.8. The van der Waals surface area contributed by atoms with Crippen LogP contribution in [0.3, 0.4) is 0 Å². The number of nitrogens with one attached hydrogen (secondary N) is 1. The van der Waals surface area contributed by atoms with E-state index in [0.29, 0.717) is 18.7 Å². The molecule has 4 nitrogen and oxygen atoms in total. The average Bonchev–Trinajstić information content (AvgIpc) is 2.57. The lowest BCUT2D eigenvalue weighted by atomic mass is 10.2. The summed E-state index contributed by atoms with van der Waals surface area (Å²) < 4.78 is 0. The highest BCUT2D eigenvalue weighted by atomic mass is 16.1. The maximum absolute atomic E-state index is 12.0. The highest BCUT2D eigenvalue weighted by molar-refractivity contribution is 5.94. The maximum Gasteiger partial charge on any atom is 0.251 e. The van der Waals surface area contributed by atoms with Crippen LogP contribution in [0.25, 0.3) is 0 Å². The van der Waals surface area contributed by atoms with E-state index in [2.05, 4.69) is 11.4 Å². The van der Waals surface area contributed by atoms with Gasteiger partial charge in [0.05, 0.1) is 6.07 Å². The van der Waals surface area contributed by atoms with Gasteiger partial charge in [0.2, 0.25) is 0 Å². The Balaban J connectivity index is 1.89. The third-order valence-electron chi connectivity index (χ3n) is 3.45. The molecule has 0 heterocycles. The van der Waals surface area contributed by atoms with Gasteiger partial charge in [0.1, 0.15) is 6.04 Å². The van der Waals surface area contributed by atoms with Gasteiger partial charge in [-0.05, 0) is 24.7 Å². The topological polar surface area (TPSA) is 56.1 Å². The van der Waals surface area contributed by atoms with Crippen LogP contribution in [-0.4, -0.2) is 30.4 Å². The van der Waals surface area contributed by atoms with Crippen molar-refractivity contribution in [1.82, 2.24) is 10.2 Å². The molecular weight excluding hydrogens is 274 g/mol. The largest absolute Gasteiger partial charge is 0.349 e. The predicted molar refractivity (Wildman–Crippen MR) is 86.1 cm³/mol. The number of rotatable bonds is 6. The van der Waals surface area contributed by atoms with E-state index in [-0.39, 0.29) is 11.9 Å². The van der Waals surface area contributed by atoms with Gasteiger partial charge in [0.15, 0.2) is 0 Å². The van der Waals surface area contributed by atoms with Gasteiger partial charge in [0.25, 0.3) is 5.91 Å². The third-order valence-corrected chi connectivity index (χ3v) is 3.45. The Morgan fingerprint density at radius 2 is 1.73 bits per heavy atom. The van der Waals surface area contributed by atoms with Crippen molar-refractivity contribution in [2.45, 2.75) is 12.6 Å². The molecule has 0 bridgehead atoms. The van der Waals surface area contributed by atoms with Crippen LogP contribution in [-0.2, 0) is 6.54 Å². The lowest BCUT2D eigenvalue weighted by Crippen LogP contribution is -2.40. The normalized spacial score (nSPS) is 11.7. The first-order valence-electron chi connectivity index (χ1n) is 7.17. The van der Waals surface area contributed by atoms with E-state index >= 15 is 0 Å². The molecular formula is C18H19N3O. The number of hydrogen-bond donors (Lipinski definition) is 1. The summed E-state index contributed by atoms with van der Waals surface area (Å²) in [5.74, 6) is -0.158. The van der Waals surface area contributed by atoms with E-state index in [0.717, 1.165) is 5.56 Å². The van der Waals surface area contributed by atoms with Gasteiger partial charge in [-0.25, -0.2) is 0 Å². The molecule has 2 aromatic carbocycles. The van der Waals surface area contributed by atoms with Crippen molar-refractivity contribution in [2.75, 3.05) is 13.6 Å². The molecule has 0 aliphatic heterocycles. The molecule has 2 aromatic rings. The monoisotopic (exact) mass is 293 g/mol. The molecule has 2 rings (SSSR count). The van der Waals surface area contributed by atoms with Gasteiger partial charge in [-0.3, -0.25) is 9.69 Å². The smallest absolute Gasteiger partial charge is 0.251 e. The Hall–Kier alpha value is -2.64. The average molecular weight is 293 g/mol. The third kappa shape index (κ3) is 4.44. The zero-order valence-corrected chi connectivity index (χ0v) is 12.6. The first-order chi connectivity index (χ1) is 10.7. The molecule has 0 aromatic heterocycles. The van der Waals surface area contributed by atoms with E-state index in [9.17, 15) is 10.1 Å². The number of nitriles is 1. The second-order valence-electron chi connectivity index (χ2n) is 5.12. The summed E-state index contributed by atoms with van der Waals surface area (Å²) in [4.78, 5) is 13.9. The Morgan fingerprint density at radius 3 is 2.32 bits per heavy atom. The summed E-state index contributed by atoms with van der Waals surface area (Å²) in [5, 5.41) is 12.1. The Morgan fingerprint density at radius 1 is 1.14 bits per heavy atom. The standard InChI is InChI=1S/C18H19N3O/c1-21(14-15-8-4-2-5-9-15)17(12-19)13-20-18(22)16-10-6-3-7-11-16/h2-11,17H,13-14H2,1H3,(H,20,22)/t17-/m0/s1. The van der Waals surface area contributed by atoms with Crippen LogP contribution in [0.1, 0.15) is 15.9 Å². The van der Waals surface area contributed by atoms with Gasteiger partial charge in [0, 0.05) is 18.7 Å². The Kier molecular flexibility index (Phi) is 5.70. The summed E-state index contributed by atoms with van der Waals surface area (Å²) in [6.45, 7) is 0.966. The summed E-state index contributed by atoms with van der Waals surface area (Å²) in [7, 11) is 1.88.